The van der Waals surface area contributed by atoms with Crippen LogP contribution in [0.2, 0.25) is 5.02 Å². The van der Waals surface area contributed by atoms with Crippen molar-refractivity contribution in [1.82, 2.24) is 0 Å². The topological polar surface area (TPSA) is 83.6 Å². The van der Waals surface area contributed by atoms with Gasteiger partial charge in [0.1, 0.15) is 0 Å². The van der Waals surface area contributed by atoms with Crippen LogP contribution < -0.4 is 9.03 Å². The van der Waals surface area contributed by atoms with Crippen LogP contribution in [0.1, 0.15) is 6.42 Å². The molecule has 6 nitrogen and oxygen atoms in total. The van der Waals surface area contributed by atoms with Crippen molar-refractivity contribution in [3.05, 3.63) is 35.9 Å². The summed E-state index contributed by atoms with van der Waals surface area (Å²) >= 11 is 6.03. The van der Waals surface area contributed by atoms with Gasteiger partial charge in [-0.05, 0) is 24.6 Å². The summed E-state index contributed by atoms with van der Waals surface area (Å²) in [6, 6.07) is 4.42. The summed E-state index contributed by atoms with van der Waals surface area (Å²) in [7, 11) is -6.84. The van der Waals surface area contributed by atoms with Gasteiger partial charge in [-0.15, -0.1) is 6.58 Å². The number of halogens is 1. The third kappa shape index (κ3) is 3.69. The largest absolute Gasteiger partial charge is 0.282 e. The molecule has 1 saturated heterocycles. The van der Waals surface area contributed by atoms with Crippen LogP contribution in [0.4, 0.5) is 11.4 Å². The number of benzene rings is 1. The van der Waals surface area contributed by atoms with Gasteiger partial charge in [-0.2, -0.15) is 0 Å². The van der Waals surface area contributed by atoms with Gasteiger partial charge >= 0.3 is 0 Å². The highest BCUT2D eigenvalue weighted by molar-refractivity contribution is 7.93. The third-order valence-corrected chi connectivity index (χ3v) is 6.33. The number of hydrogen-bond acceptors (Lipinski definition) is 4. The van der Waals surface area contributed by atoms with Crippen LogP contribution in [0.5, 0.6) is 0 Å². The zero-order valence-corrected chi connectivity index (χ0v) is 13.5. The lowest BCUT2D eigenvalue weighted by Gasteiger charge is -2.18. The van der Waals surface area contributed by atoms with Gasteiger partial charge in [0, 0.05) is 6.54 Å². The summed E-state index contributed by atoms with van der Waals surface area (Å²) in [5.74, 6) is -0.121. The fourth-order valence-corrected chi connectivity index (χ4v) is 4.78. The summed E-state index contributed by atoms with van der Waals surface area (Å²) in [6.45, 7) is 3.77. The van der Waals surface area contributed by atoms with Crippen molar-refractivity contribution in [3.8, 4) is 0 Å². The highest BCUT2D eigenvalue weighted by Crippen LogP contribution is 2.31. The number of sulfonamides is 2. The fraction of sp³-hybridized carbons (Fsp3) is 0.333. The summed E-state index contributed by atoms with van der Waals surface area (Å²) in [6.07, 6.45) is 1.83. The summed E-state index contributed by atoms with van der Waals surface area (Å²) in [4.78, 5) is 0. The molecule has 0 amide bonds. The lowest BCUT2D eigenvalue weighted by Crippen LogP contribution is -2.25. The quantitative estimate of drug-likeness (QED) is 0.821. The van der Waals surface area contributed by atoms with Gasteiger partial charge in [0.2, 0.25) is 20.0 Å². The molecular formula is C12H15ClN2O4S2. The summed E-state index contributed by atoms with van der Waals surface area (Å²) < 4.78 is 50.6. The Morgan fingerprint density at radius 3 is 2.67 bits per heavy atom. The maximum atomic E-state index is 11.8. The van der Waals surface area contributed by atoms with Crippen molar-refractivity contribution in [2.24, 2.45) is 0 Å². The monoisotopic (exact) mass is 350 g/mol. The van der Waals surface area contributed by atoms with E-state index < -0.39 is 20.0 Å². The second-order valence-corrected chi connectivity index (χ2v) is 8.77. The average Bonchev–Trinajstić information content (AvgIpc) is 2.71. The second-order valence-electron chi connectivity index (χ2n) is 4.58. The molecule has 116 valence electrons. The second kappa shape index (κ2) is 5.86. The molecule has 0 saturated carbocycles. The molecule has 1 aliphatic heterocycles. The Morgan fingerprint density at radius 2 is 2.14 bits per heavy atom. The van der Waals surface area contributed by atoms with Crippen molar-refractivity contribution in [2.75, 3.05) is 27.1 Å². The smallest absolute Gasteiger partial charge is 0.236 e. The predicted octanol–water partition coefficient (Wildman–Crippen LogP) is 1.81. The Labute approximate surface area is 129 Å². The van der Waals surface area contributed by atoms with E-state index >= 15 is 0 Å². The maximum Gasteiger partial charge on any atom is 0.236 e. The van der Waals surface area contributed by atoms with Crippen LogP contribution in [-0.2, 0) is 20.0 Å². The molecular weight excluding hydrogens is 336 g/mol. The Balaban J connectivity index is 2.28. The van der Waals surface area contributed by atoms with E-state index in [4.69, 9.17) is 11.6 Å². The Hall–Kier alpha value is -1.25. The Bertz CT molecular complexity index is 759. The van der Waals surface area contributed by atoms with Crippen LogP contribution in [0.25, 0.3) is 0 Å². The molecule has 0 unspecified atom stereocenters. The first-order valence-electron chi connectivity index (χ1n) is 6.16. The zero-order valence-electron chi connectivity index (χ0n) is 11.1. The highest BCUT2D eigenvalue weighted by atomic mass is 35.5. The van der Waals surface area contributed by atoms with E-state index in [9.17, 15) is 16.8 Å². The van der Waals surface area contributed by atoms with Gasteiger partial charge in [0.15, 0.2) is 0 Å². The van der Waals surface area contributed by atoms with Gasteiger partial charge in [-0.25, -0.2) is 16.8 Å². The molecule has 2 rings (SSSR count). The van der Waals surface area contributed by atoms with Gasteiger partial charge in [-0.3, -0.25) is 9.03 Å². The number of rotatable bonds is 5. The number of hydrogen-bond donors (Lipinski definition) is 1. The first-order valence-corrected chi connectivity index (χ1v) is 9.80. The predicted molar refractivity (Wildman–Crippen MR) is 84.8 cm³/mol. The standard InChI is InChI=1S/C12H15ClN2O4S2/c1-2-7-20(16,17)14-12-5-4-10(9-11(12)13)15-6-3-8-21(15,18)19/h2,4-5,9,14H,1,3,6-8H2. The average molecular weight is 351 g/mol. The lowest BCUT2D eigenvalue weighted by molar-refractivity contribution is 0.599. The normalized spacial score (nSPS) is 17.7. The number of nitrogens with one attached hydrogen (secondary N) is 1. The minimum atomic E-state index is -3.55. The molecule has 1 aromatic rings. The lowest BCUT2D eigenvalue weighted by atomic mass is 10.3. The van der Waals surface area contributed by atoms with Crippen molar-refractivity contribution >= 4 is 43.0 Å². The van der Waals surface area contributed by atoms with Gasteiger partial charge in [0.05, 0.1) is 27.9 Å². The zero-order chi connectivity index (χ0) is 15.7. The number of anilines is 2. The van der Waals surface area contributed by atoms with Gasteiger partial charge < -0.3 is 0 Å². The van der Waals surface area contributed by atoms with Crippen LogP contribution in [0.15, 0.2) is 30.9 Å². The van der Waals surface area contributed by atoms with E-state index in [1.807, 2.05) is 0 Å². The minimum absolute atomic E-state index is 0.109. The molecule has 1 heterocycles. The summed E-state index contributed by atoms with van der Waals surface area (Å²) in [5, 5.41) is 0.141. The molecule has 0 aliphatic carbocycles. The molecule has 0 atom stereocenters. The van der Waals surface area contributed by atoms with Crippen LogP contribution in [-0.4, -0.2) is 34.9 Å². The van der Waals surface area contributed by atoms with Crippen molar-refractivity contribution in [3.63, 3.8) is 0 Å². The van der Waals surface area contributed by atoms with E-state index in [0.29, 0.717) is 18.7 Å². The molecule has 0 bridgehead atoms. The van der Waals surface area contributed by atoms with E-state index in [1.54, 1.807) is 0 Å². The molecule has 1 N–H and O–H groups in total. The van der Waals surface area contributed by atoms with Crippen LogP contribution in [0, 0.1) is 0 Å². The first kappa shape index (κ1) is 16.1. The van der Waals surface area contributed by atoms with Crippen molar-refractivity contribution in [1.29, 1.82) is 0 Å². The van der Waals surface area contributed by atoms with Crippen LogP contribution >= 0.6 is 11.6 Å². The molecule has 9 heteroatoms. The molecule has 1 fully saturated rings. The molecule has 1 aliphatic rings. The van der Waals surface area contributed by atoms with E-state index in [1.165, 1.54) is 28.6 Å². The van der Waals surface area contributed by atoms with Gasteiger partial charge in [0.25, 0.3) is 0 Å². The van der Waals surface area contributed by atoms with Gasteiger partial charge in [-0.1, -0.05) is 17.7 Å². The molecule has 0 spiro atoms. The SMILES string of the molecule is C=CCS(=O)(=O)Nc1ccc(N2CCCS2(=O)=O)cc1Cl. The van der Waals surface area contributed by atoms with E-state index in [-0.39, 0.29) is 22.2 Å². The van der Waals surface area contributed by atoms with Crippen molar-refractivity contribution < 1.29 is 16.8 Å². The van der Waals surface area contributed by atoms with E-state index in [0.717, 1.165) is 0 Å². The Morgan fingerprint density at radius 1 is 1.43 bits per heavy atom. The minimum Gasteiger partial charge on any atom is -0.282 e. The fourth-order valence-electron chi connectivity index (χ4n) is 2.04. The molecule has 21 heavy (non-hydrogen) atoms. The Kier molecular flexibility index (Phi) is 4.50. The molecule has 0 aromatic heterocycles. The third-order valence-electron chi connectivity index (χ3n) is 2.94. The van der Waals surface area contributed by atoms with Crippen LogP contribution in [0.3, 0.4) is 0 Å². The highest BCUT2D eigenvalue weighted by Gasteiger charge is 2.28. The first-order chi connectivity index (χ1) is 9.75. The maximum absolute atomic E-state index is 11.8. The number of nitrogens with zero attached hydrogens (tertiary/aromatic N) is 1. The van der Waals surface area contributed by atoms with E-state index in [2.05, 4.69) is 11.3 Å². The molecule has 1 aromatic carbocycles. The summed E-state index contributed by atoms with van der Waals surface area (Å²) in [5.41, 5.74) is 0.642. The van der Waals surface area contributed by atoms with Crippen molar-refractivity contribution in [2.45, 2.75) is 6.42 Å². The molecule has 0 radical (unpaired) electrons.